The predicted octanol–water partition coefficient (Wildman–Crippen LogP) is 2.19. The van der Waals surface area contributed by atoms with Crippen molar-refractivity contribution in [1.82, 2.24) is 14.4 Å². The lowest BCUT2D eigenvalue weighted by Crippen LogP contribution is -2.35. The van der Waals surface area contributed by atoms with Crippen molar-refractivity contribution in [3.8, 4) is 0 Å². The number of aromatic nitrogens is 1. The van der Waals surface area contributed by atoms with E-state index >= 15 is 0 Å². The Morgan fingerprint density at radius 3 is 2.50 bits per heavy atom. The maximum Gasteiger partial charge on any atom is 0.248 e. The Bertz CT molecular complexity index is 767. The summed E-state index contributed by atoms with van der Waals surface area (Å²) < 4.78 is 32.4. The third-order valence-electron chi connectivity index (χ3n) is 4.36. The van der Waals surface area contributed by atoms with Gasteiger partial charge in [0.25, 0.3) is 0 Å². The second kappa shape index (κ2) is 7.04. The molecule has 2 aromatic rings. The fourth-order valence-electron chi connectivity index (χ4n) is 3.16. The molecular formula is C17H23N3O3S. The summed E-state index contributed by atoms with van der Waals surface area (Å²) in [4.78, 5) is 2.53. The van der Waals surface area contributed by atoms with Gasteiger partial charge in [0.15, 0.2) is 5.76 Å². The smallest absolute Gasteiger partial charge is 0.248 e. The molecule has 1 fully saturated rings. The first-order valence-electron chi connectivity index (χ1n) is 8.18. The Kier molecular flexibility index (Phi) is 5.03. The molecule has 1 aromatic carbocycles. The van der Waals surface area contributed by atoms with Gasteiger partial charge in [0.2, 0.25) is 10.0 Å². The highest BCUT2D eigenvalue weighted by Crippen LogP contribution is 2.24. The molecule has 0 atom stereocenters. The highest BCUT2D eigenvalue weighted by atomic mass is 32.2. The van der Waals surface area contributed by atoms with E-state index < -0.39 is 10.0 Å². The molecule has 1 aliphatic rings. The van der Waals surface area contributed by atoms with E-state index in [0.717, 1.165) is 26.1 Å². The van der Waals surface area contributed by atoms with Crippen LogP contribution in [0, 0.1) is 13.8 Å². The van der Waals surface area contributed by atoms with Crippen LogP contribution in [0.1, 0.15) is 23.4 Å². The van der Waals surface area contributed by atoms with Crippen molar-refractivity contribution < 1.29 is 12.9 Å². The SMILES string of the molecule is Cc1noc(C)c1S(=O)(=O)N1CCCN(Cc2ccccc2)CC1. The lowest BCUT2D eigenvalue weighted by molar-refractivity contribution is 0.278. The summed E-state index contributed by atoms with van der Waals surface area (Å²) in [5.74, 6) is 0.359. The Morgan fingerprint density at radius 1 is 1.08 bits per heavy atom. The molecule has 24 heavy (non-hydrogen) atoms. The van der Waals surface area contributed by atoms with Crippen LogP contribution in [0.3, 0.4) is 0 Å². The number of aryl methyl sites for hydroxylation is 2. The van der Waals surface area contributed by atoms with Crippen molar-refractivity contribution in [3.05, 3.63) is 47.3 Å². The molecule has 0 saturated carbocycles. The van der Waals surface area contributed by atoms with Crippen molar-refractivity contribution in [2.45, 2.75) is 31.7 Å². The Hall–Kier alpha value is -1.70. The van der Waals surface area contributed by atoms with Crippen LogP contribution in [0.25, 0.3) is 0 Å². The van der Waals surface area contributed by atoms with E-state index in [1.165, 1.54) is 5.56 Å². The lowest BCUT2D eigenvalue weighted by Gasteiger charge is -2.21. The minimum Gasteiger partial charge on any atom is -0.360 e. The van der Waals surface area contributed by atoms with Gasteiger partial charge in [-0.05, 0) is 32.4 Å². The monoisotopic (exact) mass is 349 g/mol. The van der Waals surface area contributed by atoms with Gasteiger partial charge in [0.05, 0.1) is 0 Å². The van der Waals surface area contributed by atoms with Gasteiger partial charge in [0.1, 0.15) is 10.6 Å². The maximum atomic E-state index is 12.9. The fourth-order valence-corrected chi connectivity index (χ4v) is 4.92. The molecule has 3 rings (SSSR count). The summed E-state index contributed by atoms with van der Waals surface area (Å²) in [6.07, 6.45) is 0.815. The van der Waals surface area contributed by atoms with Crippen molar-refractivity contribution in [2.24, 2.45) is 0 Å². The maximum absolute atomic E-state index is 12.9. The summed E-state index contributed by atoms with van der Waals surface area (Å²) in [6, 6.07) is 10.3. The number of hydrogen-bond acceptors (Lipinski definition) is 5. The molecule has 0 unspecified atom stereocenters. The third-order valence-corrected chi connectivity index (χ3v) is 6.51. The normalized spacial score (nSPS) is 17.8. The van der Waals surface area contributed by atoms with E-state index in [2.05, 4.69) is 22.2 Å². The van der Waals surface area contributed by atoms with E-state index in [-0.39, 0.29) is 4.90 Å². The number of rotatable bonds is 4. The molecule has 0 N–H and O–H groups in total. The highest BCUT2D eigenvalue weighted by molar-refractivity contribution is 7.89. The highest BCUT2D eigenvalue weighted by Gasteiger charge is 2.32. The van der Waals surface area contributed by atoms with Crippen molar-refractivity contribution in [1.29, 1.82) is 0 Å². The minimum absolute atomic E-state index is 0.221. The molecule has 0 aliphatic carbocycles. The van der Waals surface area contributed by atoms with Gasteiger partial charge >= 0.3 is 0 Å². The van der Waals surface area contributed by atoms with Crippen LogP contribution < -0.4 is 0 Å². The fraction of sp³-hybridized carbons (Fsp3) is 0.471. The van der Waals surface area contributed by atoms with Crippen LogP contribution in [0.4, 0.5) is 0 Å². The first kappa shape index (κ1) is 17.1. The van der Waals surface area contributed by atoms with Gasteiger partial charge in [-0.1, -0.05) is 35.5 Å². The average molecular weight is 349 g/mol. The molecule has 1 saturated heterocycles. The zero-order valence-electron chi connectivity index (χ0n) is 14.1. The molecular weight excluding hydrogens is 326 g/mol. The third kappa shape index (κ3) is 3.53. The van der Waals surface area contributed by atoms with Crippen molar-refractivity contribution in [3.63, 3.8) is 0 Å². The summed E-state index contributed by atoms with van der Waals surface area (Å²) in [5, 5.41) is 3.78. The summed E-state index contributed by atoms with van der Waals surface area (Å²) in [7, 11) is -3.55. The molecule has 0 amide bonds. The van der Waals surface area contributed by atoms with Crippen molar-refractivity contribution in [2.75, 3.05) is 26.2 Å². The van der Waals surface area contributed by atoms with E-state index in [1.54, 1.807) is 18.2 Å². The summed E-state index contributed by atoms with van der Waals surface area (Å²) in [5.41, 5.74) is 1.68. The van der Waals surface area contributed by atoms with Gasteiger partial charge < -0.3 is 4.52 Å². The average Bonchev–Trinajstić information content (AvgIpc) is 2.75. The largest absolute Gasteiger partial charge is 0.360 e. The standard InChI is InChI=1S/C17H23N3O3S/c1-14-17(15(2)23-18-14)24(21,22)20-10-6-9-19(11-12-20)13-16-7-4-3-5-8-16/h3-5,7-8H,6,9-13H2,1-2H3. The van der Waals surface area contributed by atoms with Gasteiger partial charge in [-0.2, -0.15) is 4.31 Å². The Balaban J connectivity index is 1.71. The van der Waals surface area contributed by atoms with E-state index in [4.69, 9.17) is 4.52 Å². The molecule has 6 nitrogen and oxygen atoms in total. The number of benzene rings is 1. The summed E-state index contributed by atoms with van der Waals surface area (Å²) >= 11 is 0. The molecule has 1 aromatic heterocycles. The second-order valence-corrected chi connectivity index (χ2v) is 8.05. The van der Waals surface area contributed by atoms with E-state index in [9.17, 15) is 8.42 Å². The minimum atomic E-state index is -3.55. The molecule has 0 radical (unpaired) electrons. The van der Waals surface area contributed by atoms with Crippen molar-refractivity contribution >= 4 is 10.0 Å². The number of nitrogens with zero attached hydrogens (tertiary/aromatic N) is 3. The van der Waals surface area contributed by atoms with Crippen LogP contribution in [0.15, 0.2) is 39.8 Å². The predicted molar refractivity (Wildman–Crippen MR) is 91.1 cm³/mol. The van der Waals surface area contributed by atoms with Gasteiger partial charge in [-0.25, -0.2) is 8.42 Å². The zero-order chi connectivity index (χ0) is 17.2. The number of sulfonamides is 1. The van der Waals surface area contributed by atoms with E-state index in [0.29, 0.717) is 24.5 Å². The van der Waals surface area contributed by atoms with Crippen LogP contribution in [-0.2, 0) is 16.6 Å². The van der Waals surface area contributed by atoms with Gasteiger partial charge in [-0.3, -0.25) is 4.90 Å². The van der Waals surface area contributed by atoms with Crippen LogP contribution in [0.2, 0.25) is 0 Å². The topological polar surface area (TPSA) is 66.7 Å². The molecule has 0 bridgehead atoms. The quantitative estimate of drug-likeness (QED) is 0.846. The Morgan fingerprint density at radius 2 is 1.83 bits per heavy atom. The van der Waals surface area contributed by atoms with Gasteiger partial charge in [-0.15, -0.1) is 0 Å². The van der Waals surface area contributed by atoms with E-state index in [1.807, 2.05) is 18.2 Å². The summed E-state index contributed by atoms with van der Waals surface area (Å²) in [6.45, 7) is 6.78. The lowest BCUT2D eigenvalue weighted by atomic mass is 10.2. The molecule has 0 spiro atoms. The van der Waals surface area contributed by atoms with Gasteiger partial charge in [0, 0.05) is 26.2 Å². The first-order valence-corrected chi connectivity index (χ1v) is 9.62. The Labute approximate surface area is 143 Å². The molecule has 7 heteroatoms. The first-order chi connectivity index (χ1) is 11.5. The second-order valence-electron chi connectivity index (χ2n) is 6.17. The molecule has 130 valence electrons. The van der Waals surface area contributed by atoms with Crippen LogP contribution in [-0.4, -0.2) is 49.0 Å². The molecule has 2 heterocycles. The van der Waals surface area contributed by atoms with Crippen LogP contribution >= 0.6 is 0 Å². The molecule has 1 aliphatic heterocycles. The zero-order valence-corrected chi connectivity index (χ0v) is 14.9. The van der Waals surface area contributed by atoms with Crippen LogP contribution in [0.5, 0.6) is 0 Å². The number of hydrogen-bond donors (Lipinski definition) is 0.